The third-order valence-electron chi connectivity index (χ3n) is 3.55. The van der Waals surface area contributed by atoms with Gasteiger partial charge in [-0.15, -0.1) is 0 Å². The largest absolute Gasteiger partial charge is 0.480 e. The summed E-state index contributed by atoms with van der Waals surface area (Å²) in [6, 6.07) is 7.80. The van der Waals surface area contributed by atoms with Crippen LogP contribution in [0.25, 0.3) is 0 Å². The van der Waals surface area contributed by atoms with Gasteiger partial charge in [-0.05, 0) is 38.5 Å². The zero-order valence-corrected chi connectivity index (χ0v) is 11.6. The van der Waals surface area contributed by atoms with Crippen LogP contribution in [0.15, 0.2) is 24.3 Å². The first kappa shape index (κ1) is 13.9. The third-order valence-corrected chi connectivity index (χ3v) is 3.55. The first-order valence-corrected chi connectivity index (χ1v) is 6.65. The molecule has 1 heterocycles. The first-order valence-electron chi connectivity index (χ1n) is 6.65. The van der Waals surface area contributed by atoms with E-state index in [4.69, 9.17) is 4.74 Å². The average molecular weight is 263 g/mol. The number of aliphatic carboxylic acids is 1. The highest BCUT2D eigenvalue weighted by atomic mass is 16.5. The van der Waals surface area contributed by atoms with E-state index in [1.54, 1.807) is 0 Å². The second-order valence-electron chi connectivity index (χ2n) is 5.55. The van der Waals surface area contributed by atoms with Crippen molar-refractivity contribution in [1.29, 1.82) is 0 Å². The molecule has 1 aromatic carbocycles. The van der Waals surface area contributed by atoms with Crippen molar-refractivity contribution >= 4 is 11.7 Å². The van der Waals surface area contributed by atoms with Crippen molar-refractivity contribution in [2.75, 3.05) is 5.32 Å². The maximum Gasteiger partial charge on any atom is 0.329 e. The van der Waals surface area contributed by atoms with Crippen molar-refractivity contribution in [3.05, 3.63) is 29.8 Å². The minimum atomic E-state index is -0.940. The van der Waals surface area contributed by atoms with Gasteiger partial charge in [-0.25, -0.2) is 4.79 Å². The van der Waals surface area contributed by atoms with E-state index in [0.29, 0.717) is 12.8 Å². The van der Waals surface area contributed by atoms with Crippen LogP contribution in [0.3, 0.4) is 0 Å². The Bertz CT molecular complexity index is 462. The lowest BCUT2D eigenvalue weighted by Crippen LogP contribution is -2.54. The summed E-state index contributed by atoms with van der Waals surface area (Å²) in [5.41, 5.74) is 1.02. The number of aryl methyl sites for hydroxylation is 1. The normalized spacial score (nSPS) is 30.9. The Morgan fingerprint density at radius 2 is 2.00 bits per heavy atom. The van der Waals surface area contributed by atoms with E-state index < -0.39 is 11.5 Å². The highest BCUT2D eigenvalue weighted by molar-refractivity contribution is 5.83. The highest BCUT2D eigenvalue weighted by Gasteiger charge is 2.45. The quantitative estimate of drug-likeness (QED) is 0.880. The molecule has 1 fully saturated rings. The number of carboxylic acids is 1. The number of anilines is 1. The van der Waals surface area contributed by atoms with Crippen LogP contribution in [0, 0.1) is 6.92 Å². The lowest BCUT2D eigenvalue weighted by molar-refractivity contribution is -0.151. The maximum absolute atomic E-state index is 11.7. The van der Waals surface area contributed by atoms with Gasteiger partial charge in [0.1, 0.15) is 5.54 Å². The molecule has 1 saturated heterocycles. The van der Waals surface area contributed by atoms with Gasteiger partial charge in [-0.1, -0.05) is 12.1 Å². The fraction of sp³-hybridized carbons (Fsp3) is 0.533. The third kappa shape index (κ3) is 3.07. The lowest BCUT2D eigenvalue weighted by atomic mass is 9.84. The Morgan fingerprint density at radius 3 is 2.53 bits per heavy atom. The van der Waals surface area contributed by atoms with Crippen molar-refractivity contribution in [3.8, 4) is 0 Å². The number of carbonyl (C=O) groups is 1. The van der Waals surface area contributed by atoms with Gasteiger partial charge in [0, 0.05) is 18.5 Å². The van der Waals surface area contributed by atoms with Crippen LogP contribution in [-0.2, 0) is 9.53 Å². The van der Waals surface area contributed by atoms with Crippen LogP contribution in [0.4, 0.5) is 5.69 Å². The molecule has 0 saturated carbocycles. The predicted octanol–water partition coefficient (Wildman–Crippen LogP) is 2.82. The van der Waals surface area contributed by atoms with Gasteiger partial charge in [-0.2, -0.15) is 0 Å². The summed E-state index contributed by atoms with van der Waals surface area (Å²) in [7, 11) is 0. The average Bonchev–Trinajstić information content (AvgIpc) is 2.27. The van der Waals surface area contributed by atoms with Gasteiger partial charge in [0.15, 0.2) is 0 Å². The van der Waals surface area contributed by atoms with Gasteiger partial charge in [0.05, 0.1) is 12.2 Å². The zero-order chi connectivity index (χ0) is 14.0. The monoisotopic (exact) mass is 263 g/mol. The van der Waals surface area contributed by atoms with Gasteiger partial charge in [0.25, 0.3) is 0 Å². The standard InChI is InChI=1S/C15H21NO3/c1-10-5-4-6-13(7-10)16-15(14(17)18)8-11(2)19-12(3)9-15/h4-7,11-12,16H,8-9H2,1-3H3,(H,17,18). The zero-order valence-electron chi connectivity index (χ0n) is 11.6. The van der Waals surface area contributed by atoms with E-state index >= 15 is 0 Å². The maximum atomic E-state index is 11.7. The summed E-state index contributed by atoms with van der Waals surface area (Å²) in [5, 5.41) is 12.9. The van der Waals surface area contributed by atoms with Crippen LogP contribution in [0.1, 0.15) is 32.3 Å². The molecular weight excluding hydrogens is 242 g/mol. The number of carboxylic acid groups (broad SMARTS) is 1. The molecule has 0 spiro atoms. The summed E-state index contributed by atoms with van der Waals surface area (Å²) in [4.78, 5) is 11.7. The topological polar surface area (TPSA) is 58.6 Å². The fourth-order valence-electron chi connectivity index (χ4n) is 2.89. The minimum absolute atomic E-state index is 0.0582. The number of nitrogens with one attached hydrogen (secondary N) is 1. The van der Waals surface area contributed by atoms with Gasteiger partial charge < -0.3 is 15.2 Å². The van der Waals surface area contributed by atoms with Gasteiger partial charge in [0.2, 0.25) is 0 Å². The molecule has 0 bridgehead atoms. The van der Waals surface area contributed by atoms with Crippen LogP contribution in [0.5, 0.6) is 0 Å². The van der Waals surface area contributed by atoms with Crippen LogP contribution in [-0.4, -0.2) is 28.8 Å². The molecule has 0 aromatic heterocycles. The molecule has 1 aliphatic rings. The molecule has 0 radical (unpaired) electrons. The molecule has 1 aromatic rings. The van der Waals surface area contributed by atoms with E-state index in [1.165, 1.54) is 0 Å². The minimum Gasteiger partial charge on any atom is -0.480 e. The van der Waals surface area contributed by atoms with Crippen molar-refractivity contribution < 1.29 is 14.6 Å². The molecule has 1 aliphatic heterocycles. The van der Waals surface area contributed by atoms with E-state index in [0.717, 1.165) is 11.3 Å². The number of ether oxygens (including phenoxy) is 1. The Hall–Kier alpha value is -1.55. The van der Waals surface area contributed by atoms with Gasteiger partial charge >= 0.3 is 5.97 Å². The number of rotatable bonds is 3. The Kier molecular flexibility index (Phi) is 3.80. The summed E-state index contributed by atoms with van der Waals surface area (Å²) in [6.07, 6.45) is 0.829. The summed E-state index contributed by atoms with van der Waals surface area (Å²) in [5.74, 6) is -0.809. The fourth-order valence-corrected chi connectivity index (χ4v) is 2.89. The highest BCUT2D eigenvalue weighted by Crippen LogP contribution is 2.32. The smallest absolute Gasteiger partial charge is 0.329 e. The summed E-state index contributed by atoms with van der Waals surface area (Å²) >= 11 is 0. The lowest BCUT2D eigenvalue weighted by Gasteiger charge is -2.41. The van der Waals surface area contributed by atoms with Crippen molar-refractivity contribution in [2.24, 2.45) is 0 Å². The molecular formula is C15H21NO3. The van der Waals surface area contributed by atoms with Crippen molar-refractivity contribution in [2.45, 2.75) is 51.4 Å². The molecule has 2 atom stereocenters. The number of benzene rings is 1. The molecule has 2 rings (SSSR count). The molecule has 0 amide bonds. The second kappa shape index (κ2) is 5.21. The van der Waals surface area contributed by atoms with E-state index in [1.807, 2.05) is 45.0 Å². The van der Waals surface area contributed by atoms with E-state index in [9.17, 15) is 9.90 Å². The van der Waals surface area contributed by atoms with Crippen molar-refractivity contribution in [3.63, 3.8) is 0 Å². The van der Waals surface area contributed by atoms with Crippen LogP contribution in [0.2, 0.25) is 0 Å². The molecule has 104 valence electrons. The van der Waals surface area contributed by atoms with E-state index in [2.05, 4.69) is 5.32 Å². The summed E-state index contributed by atoms with van der Waals surface area (Å²) < 4.78 is 5.65. The molecule has 4 heteroatoms. The SMILES string of the molecule is Cc1cccc(NC2(C(=O)O)CC(C)OC(C)C2)c1. The molecule has 19 heavy (non-hydrogen) atoms. The number of hydrogen-bond donors (Lipinski definition) is 2. The van der Waals surface area contributed by atoms with Crippen molar-refractivity contribution in [1.82, 2.24) is 0 Å². The Labute approximate surface area is 113 Å². The molecule has 2 unspecified atom stereocenters. The number of hydrogen-bond acceptors (Lipinski definition) is 3. The Balaban J connectivity index is 2.27. The molecule has 4 nitrogen and oxygen atoms in total. The Morgan fingerprint density at radius 1 is 1.37 bits per heavy atom. The van der Waals surface area contributed by atoms with Crippen LogP contribution >= 0.6 is 0 Å². The molecule has 0 aliphatic carbocycles. The predicted molar refractivity (Wildman–Crippen MR) is 74.4 cm³/mol. The second-order valence-corrected chi connectivity index (χ2v) is 5.55. The first-order chi connectivity index (χ1) is 8.91. The molecule has 2 N–H and O–H groups in total. The van der Waals surface area contributed by atoms with E-state index in [-0.39, 0.29) is 12.2 Å². The van der Waals surface area contributed by atoms with Crippen LogP contribution < -0.4 is 5.32 Å². The van der Waals surface area contributed by atoms with Gasteiger partial charge in [-0.3, -0.25) is 0 Å². The summed E-state index contributed by atoms with van der Waals surface area (Å²) in [6.45, 7) is 5.84.